The van der Waals surface area contributed by atoms with Gasteiger partial charge in [-0.3, -0.25) is 4.68 Å². The lowest BCUT2D eigenvalue weighted by Crippen LogP contribution is -2.31. The minimum Gasteiger partial charge on any atom is -0.389 e. The van der Waals surface area contributed by atoms with Crippen molar-refractivity contribution in [2.45, 2.75) is 39.5 Å². The van der Waals surface area contributed by atoms with E-state index >= 15 is 0 Å². The molecule has 2 aromatic heterocycles. The Bertz CT molecular complexity index is 540. The number of rotatable bonds is 10. The van der Waals surface area contributed by atoms with Gasteiger partial charge in [0.05, 0.1) is 25.0 Å². The molecule has 2 rings (SSSR count). The van der Waals surface area contributed by atoms with E-state index in [9.17, 15) is 5.11 Å². The third kappa shape index (κ3) is 5.88. The van der Waals surface area contributed by atoms with Gasteiger partial charge in [0.1, 0.15) is 0 Å². The number of hydrogen-bond acceptors (Lipinski definition) is 5. The molecule has 0 aliphatic carbocycles. The predicted octanol–water partition coefficient (Wildman–Crippen LogP) is 2.12. The van der Waals surface area contributed by atoms with Gasteiger partial charge >= 0.3 is 0 Å². The summed E-state index contributed by atoms with van der Waals surface area (Å²) in [6.45, 7) is 7.34. The third-order valence-corrected chi connectivity index (χ3v) is 4.19. The van der Waals surface area contributed by atoms with Gasteiger partial charge in [0, 0.05) is 23.7 Å². The molecule has 2 N–H and O–H groups in total. The van der Waals surface area contributed by atoms with E-state index in [1.807, 2.05) is 29.1 Å². The van der Waals surface area contributed by atoms with E-state index in [4.69, 9.17) is 4.74 Å². The van der Waals surface area contributed by atoms with Crippen molar-refractivity contribution >= 4 is 11.3 Å². The molecule has 5 nitrogen and oxygen atoms in total. The van der Waals surface area contributed by atoms with Crippen LogP contribution in [0.3, 0.4) is 0 Å². The topological polar surface area (TPSA) is 59.3 Å². The average molecular weight is 323 g/mol. The lowest BCUT2D eigenvalue weighted by Gasteiger charge is -2.12. The Morgan fingerprint density at radius 2 is 2.32 bits per heavy atom. The first kappa shape index (κ1) is 17.1. The molecule has 0 bridgehead atoms. The van der Waals surface area contributed by atoms with Gasteiger partial charge < -0.3 is 15.2 Å². The number of aliphatic hydroxyl groups excluding tert-OH is 1. The van der Waals surface area contributed by atoms with Crippen LogP contribution in [0.5, 0.6) is 0 Å². The Morgan fingerprint density at radius 1 is 1.45 bits per heavy atom. The van der Waals surface area contributed by atoms with E-state index in [1.54, 1.807) is 11.3 Å². The molecule has 0 aliphatic heterocycles. The molecule has 22 heavy (non-hydrogen) atoms. The zero-order valence-electron chi connectivity index (χ0n) is 13.3. The van der Waals surface area contributed by atoms with Crippen LogP contribution in [0.25, 0.3) is 0 Å². The Kier molecular flexibility index (Phi) is 7.05. The Hall–Kier alpha value is -1.21. The second-order valence-corrected chi connectivity index (χ2v) is 6.49. The van der Waals surface area contributed by atoms with Crippen LogP contribution in [-0.4, -0.2) is 40.7 Å². The molecule has 0 unspecified atom stereocenters. The van der Waals surface area contributed by atoms with Crippen LogP contribution in [0.4, 0.5) is 0 Å². The van der Waals surface area contributed by atoms with Crippen molar-refractivity contribution in [1.82, 2.24) is 15.1 Å². The van der Waals surface area contributed by atoms with Crippen LogP contribution in [-0.2, 0) is 17.9 Å². The second-order valence-electron chi connectivity index (χ2n) is 5.46. The van der Waals surface area contributed by atoms with Gasteiger partial charge in [0.25, 0.3) is 0 Å². The molecule has 6 heteroatoms. The van der Waals surface area contributed by atoms with Crippen LogP contribution in [0.1, 0.15) is 22.7 Å². The van der Waals surface area contributed by atoms with Gasteiger partial charge in [-0.25, -0.2) is 0 Å². The molecular formula is C16H25N3O2S. The molecule has 1 atom stereocenters. The minimum absolute atomic E-state index is 0.363. The highest BCUT2D eigenvalue weighted by Gasteiger charge is 2.05. The highest BCUT2D eigenvalue weighted by atomic mass is 32.1. The van der Waals surface area contributed by atoms with Gasteiger partial charge in [0.15, 0.2) is 0 Å². The third-order valence-electron chi connectivity index (χ3n) is 3.34. The second kappa shape index (κ2) is 9.05. The highest BCUT2D eigenvalue weighted by molar-refractivity contribution is 7.09. The summed E-state index contributed by atoms with van der Waals surface area (Å²) in [5.74, 6) is 0. The van der Waals surface area contributed by atoms with Crippen LogP contribution >= 0.6 is 11.3 Å². The minimum atomic E-state index is -0.464. The molecule has 0 amide bonds. The Labute approximate surface area is 135 Å². The van der Waals surface area contributed by atoms with E-state index in [0.29, 0.717) is 19.8 Å². The van der Waals surface area contributed by atoms with Crippen molar-refractivity contribution in [3.63, 3.8) is 0 Å². The molecule has 0 saturated heterocycles. The maximum Gasteiger partial charge on any atom is 0.0897 e. The fourth-order valence-electron chi connectivity index (χ4n) is 2.27. The van der Waals surface area contributed by atoms with Gasteiger partial charge in [0.2, 0.25) is 0 Å². The van der Waals surface area contributed by atoms with E-state index in [1.165, 1.54) is 10.6 Å². The Morgan fingerprint density at radius 3 is 3.00 bits per heavy atom. The van der Waals surface area contributed by atoms with Crippen LogP contribution in [0.15, 0.2) is 23.6 Å². The lowest BCUT2D eigenvalue weighted by atomic mass is 10.3. The van der Waals surface area contributed by atoms with Crippen molar-refractivity contribution in [1.29, 1.82) is 0 Å². The number of aryl methyl sites for hydroxylation is 3. The molecule has 0 saturated carbocycles. The summed E-state index contributed by atoms with van der Waals surface area (Å²) in [6.07, 6.45) is 0.527. The van der Waals surface area contributed by atoms with Crippen LogP contribution < -0.4 is 5.32 Å². The molecule has 122 valence electrons. The normalized spacial score (nSPS) is 12.7. The standard InChI is InChI=1S/C16H25N3O2S/c1-13-9-14(2)19(18-13)7-4-6-17-10-15(20)11-21-12-16-5-3-8-22-16/h3,5,8-9,15,17,20H,4,6-7,10-12H2,1-2H3/t15-/m1/s1. The average Bonchev–Trinajstić information content (AvgIpc) is 3.09. The SMILES string of the molecule is Cc1cc(C)n(CCCNC[C@@H](O)COCc2cccs2)n1. The number of ether oxygens (including phenoxy) is 1. The van der Waals surface area contributed by atoms with E-state index in [2.05, 4.69) is 23.4 Å². The number of nitrogens with one attached hydrogen (secondary N) is 1. The molecular weight excluding hydrogens is 298 g/mol. The van der Waals surface area contributed by atoms with Gasteiger partial charge in [-0.15, -0.1) is 11.3 Å². The monoisotopic (exact) mass is 323 g/mol. The quantitative estimate of drug-likeness (QED) is 0.658. The van der Waals surface area contributed by atoms with Crippen molar-refractivity contribution in [3.05, 3.63) is 39.8 Å². The largest absolute Gasteiger partial charge is 0.389 e. The summed E-state index contributed by atoms with van der Waals surface area (Å²) < 4.78 is 7.52. The Balaban J connectivity index is 1.50. The first-order valence-corrected chi connectivity index (χ1v) is 8.53. The van der Waals surface area contributed by atoms with Gasteiger partial charge in [-0.2, -0.15) is 5.10 Å². The summed E-state index contributed by atoms with van der Waals surface area (Å²) in [5.41, 5.74) is 2.25. The van der Waals surface area contributed by atoms with Crippen molar-refractivity contribution in [3.8, 4) is 0 Å². The molecule has 0 spiro atoms. The smallest absolute Gasteiger partial charge is 0.0897 e. The van der Waals surface area contributed by atoms with Crippen LogP contribution in [0, 0.1) is 13.8 Å². The van der Waals surface area contributed by atoms with Gasteiger partial charge in [-0.1, -0.05) is 6.07 Å². The lowest BCUT2D eigenvalue weighted by molar-refractivity contribution is 0.0299. The number of aromatic nitrogens is 2. The van der Waals surface area contributed by atoms with E-state index in [-0.39, 0.29) is 0 Å². The number of aliphatic hydroxyl groups is 1. The molecule has 0 fully saturated rings. The summed E-state index contributed by atoms with van der Waals surface area (Å²) in [6, 6.07) is 6.13. The first-order chi connectivity index (χ1) is 10.6. The maximum absolute atomic E-state index is 9.84. The maximum atomic E-state index is 9.84. The summed E-state index contributed by atoms with van der Waals surface area (Å²) in [4.78, 5) is 1.19. The number of thiophene rings is 1. The van der Waals surface area contributed by atoms with Crippen molar-refractivity contribution < 1.29 is 9.84 Å². The first-order valence-electron chi connectivity index (χ1n) is 7.65. The number of hydrogen-bond donors (Lipinski definition) is 2. The summed E-state index contributed by atoms with van der Waals surface area (Å²) >= 11 is 1.67. The van der Waals surface area contributed by atoms with Crippen molar-refractivity contribution in [2.24, 2.45) is 0 Å². The molecule has 2 heterocycles. The van der Waals surface area contributed by atoms with Crippen molar-refractivity contribution in [2.75, 3.05) is 19.7 Å². The van der Waals surface area contributed by atoms with E-state index < -0.39 is 6.10 Å². The number of nitrogens with zero attached hydrogens (tertiary/aromatic N) is 2. The molecule has 0 radical (unpaired) electrons. The molecule has 0 aromatic carbocycles. The fourth-order valence-corrected chi connectivity index (χ4v) is 2.91. The van der Waals surface area contributed by atoms with Gasteiger partial charge in [-0.05, 0) is 44.3 Å². The molecule has 2 aromatic rings. The molecule has 0 aliphatic rings. The zero-order valence-corrected chi connectivity index (χ0v) is 14.1. The summed E-state index contributed by atoms with van der Waals surface area (Å²) in [5, 5.41) is 19.6. The zero-order chi connectivity index (χ0) is 15.8. The van der Waals surface area contributed by atoms with Crippen LogP contribution in [0.2, 0.25) is 0 Å². The highest BCUT2D eigenvalue weighted by Crippen LogP contribution is 2.09. The fraction of sp³-hybridized carbons (Fsp3) is 0.562. The van der Waals surface area contributed by atoms with E-state index in [0.717, 1.165) is 25.2 Å². The predicted molar refractivity (Wildman–Crippen MR) is 89.2 cm³/mol. The summed E-state index contributed by atoms with van der Waals surface area (Å²) in [7, 11) is 0.